The van der Waals surface area contributed by atoms with Gasteiger partial charge in [-0.3, -0.25) is 9.89 Å². The molecule has 1 N–H and O–H groups in total. The van der Waals surface area contributed by atoms with Gasteiger partial charge in [-0.1, -0.05) is 18.2 Å². The molecule has 0 unspecified atom stereocenters. The van der Waals surface area contributed by atoms with Crippen LogP contribution >= 0.6 is 0 Å². The Morgan fingerprint density at radius 1 is 1.26 bits per heavy atom. The number of hydrogen-bond donors (Lipinski definition) is 1. The van der Waals surface area contributed by atoms with Crippen molar-refractivity contribution in [1.82, 2.24) is 15.1 Å². The van der Waals surface area contributed by atoms with Gasteiger partial charge in [-0.05, 0) is 30.5 Å². The van der Waals surface area contributed by atoms with Crippen LogP contribution in [-0.4, -0.2) is 47.2 Å². The van der Waals surface area contributed by atoms with E-state index in [0.717, 1.165) is 44.7 Å². The van der Waals surface area contributed by atoms with Crippen molar-refractivity contribution in [2.24, 2.45) is 0 Å². The molecule has 2 aliphatic heterocycles. The number of hydrogen-bond acceptors (Lipinski definition) is 3. The molecule has 1 atom stereocenters. The Kier molecular flexibility index (Phi) is 3.77. The first kappa shape index (κ1) is 14.3. The van der Waals surface area contributed by atoms with Crippen molar-refractivity contribution in [2.45, 2.75) is 25.2 Å². The zero-order valence-corrected chi connectivity index (χ0v) is 13.2. The number of aromatic nitrogens is 2. The van der Waals surface area contributed by atoms with Gasteiger partial charge in [0.2, 0.25) is 5.91 Å². The van der Waals surface area contributed by atoms with E-state index in [2.05, 4.69) is 39.4 Å². The van der Waals surface area contributed by atoms with E-state index in [1.165, 1.54) is 11.3 Å². The second-order valence-electron chi connectivity index (χ2n) is 6.45. The minimum atomic E-state index is 0.274. The topological polar surface area (TPSA) is 52.2 Å². The fraction of sp³-hybridized carbons (Fsp3) is 0.444. The molecular weight excluding hydrogens is 288 g/mol. The largest absolute Gasteiger partial charge is 0.370 e. The van der Waals surface area contributed by atoms with E-state index in [1.807, 2.05) is 11.0 Å². The molecular formula is C18H22N4O. The molecule has 5 heteroatoms. The highest BCUT2D eigenvalue weighted by atomic mass is 16.2. The molecule has 1 aromatic carbocycles. The third-order valence-corrected chi connectivity index (χ3v) is 5.08. The van der Waals surface area contributed by atoms with Crippen LogP contribution in [0.4, 0.5) is 5.69 Å². The fourth-order valence-electron chi connectivity index (χ4n) is 3.76. The van der Waals surface area contributed by atoms with Gasteiger partial charge >= 0.3 is 0 Å². The monoisotopic (exact) mass is 310 g/mol. The lowest BCUT2D eigenvalue weighted by molar-refractivity contribution is -0.129. The lowest BCUT2D eigenvalue weighted by Crippen LogP contribution is -2.32. The summed E-state index contributed by atoms with van der Waals surface area (Å²) in [5.74, 6) is 0.686. The van der Waals surface area contributed by atoms with Gasteiger partial charge in [-0.25, -0.2) is 0 Å². The molecule has 2 aliphatic rings. The summed E-state index contributed by atoms with van der Waals surface area (Å²) in [6.45, 7) is 3.53. The summed E-state index contributed by atoms with van der Waals surface area (Å²) >= 11 is 0. The van der Waals surface area contributed by atoms with Crippen molar-refractivity contribution in [3.63, 3.8) is 0 Å². The highest BCUT2D eigenvalue weighted by Gasteiger charge is 2.28. The zero-order valence-electron chi connectivity index (χ0n) is 13.2. The molecule has 0 saturated carbocycles. The Morgan fingerprint density at radius 3 is 3.04 bits per heavy atom. The molecule has 23 heavy (non-hydrogen) atoms. The third kappa shape index (κ3) is 2.83. The number of nitrogens with zero attached hydrogens (tertiary/aromatic N) is 3. The third-order valence-electron chi connectivity index (χ3n) is 5.08. The minimum absolute atomic E-state index is 0.274. The lowest BCUT2D eigenvalue weighted by atomic mass is 10.1. The number of carbonyl (C=O) groups is 1. The van der Waals surface area contributed by atoms with Crippen molar-refractivity contribution < 1.29 is 4.79 Å². The lowest BCUT2D eigenvalue weighted by Gasteiger charge is -2.21. The molecule has 3 heterocycles. The maximum Gasteiger partial charge on any atom is 0.224 e. The fourth-order valence-corrected chi connectivity index (χ4v) is 3.76. The van der Waals surface area contributed by atoms with Crippen LogP contribution in [0.25, 0.3) is 0 Å². The number of para-hydroxylation sites is 1. The average Bonchev–Trinajstić information content (AvgIpc) is 3.31. The van der Waals surface area contributed by atoms with Crippen LogP contribution in [0.1, 0.15) is 30.0 Å². The Morgan fingerprint density at radius 2 is 2.17 bits per heavy atom. The van der Waals surface area contributed by atoms with Crippen molar-refractivity contribution in [3.05, 3.63) is 47.8 Å². The summed E-state index contributed by atoms with van der Waals surface area (Å²) in [5.41, 5.74) is 3.85. The van der Waals surface area contributed by atoms with E-state index in [1.54, 1.807) is 6.20 Å². The van der Waals surface area contributed by atoms with Crippen molar-refractivity contribution in [1.29, 1.82) is 0 Å². The first-order valence-corrected chi connectivity index (χ1v) is 8.41. The van der Waals surface area contributed by atoms with Gasteiger partial charge in [0.1, 0.15) is 0 Å². The van der Waals surface area contributed by atoms with E-state index < -0.39 is 0 Å². The first-order chi connectivity index (χ1) is 11.3. The predicted octanol–water partition coefficient (Wildman–Crippen LogP) is 2.18. The van der Waals surface area contributed by atoms with E-state index in [9.17, 15) is 4.79 Å². The van der Waals surface area contributed by atoms with E-state index in [0.29, 0.717) is 12.3 Å². The number of likely N-dealkylation sites (tertiary alicyclic amines) is 1. The Labute approximate surface area is 136 Å². The molecule has 120 valence electrons. The zero-order chi connectivity index (χ0) is 15.6. The van der Waals surface area contributed by atoms with E-state index in [4.69, 9.17) is 0 Å². The van der Waals surface area contributed by atoms with Crippen molar-refractivity contribution >= 4 is 11.6 Å². The molecule has 0 spiro atoms. The summed E-state index contributed by atoms with van der Waals surface area (Å²) in [5, 5.41) is 7.04. The Bertz CT molecular complexity index is 682. The van der Waals surface area contributed by atoms with Crippen LogP contribution in [0, 0.1) is 0 Å². The Balaban J connectivity index is 1.31. The molecule has 0 bridgehead atoms. The molecule has 0 radical (unpaired) electrons. The van der Waals surface area contributed by atoms with Gasteiger partial charge in [0.15, 0.2) is 0 Å². The number of amides is 1. The first-order valence-electron chi connectivity index (χ1n) is 8.41. The smallest absolute Gasteiger partial charge is 0.224 e. The number of aromatic amines is 1. The Hall–Kier alpha value is -2.30. The van der Waals surface area contributed by atoms with Crippen LogP contribution < -0.4 is 4.90 Å². The van der Waals surface area contributed by atoms with Gasteiger partial charge < -0.3 is 9.80 Å². The molecule has 1 saturated heterocycles. The van der Waals surface area contributed by atoms with Crippen molar-refractivity contribution in [2.75, 3.05) is 31.1 Å². The summed E-state index contributed by atoms with van der Waals surface area (Å²) in [6, 6.07) is 10.5. The second kappa shape index (κ2) is 6.07. The van der Waals surface area contributed by atoms with E-state index >= 15 is 0 Å². The summed E-state index contributed by atoms with van der Waals surface area (Å²) in [6.07, 6.45) is 4.51. The van der Waals surface area contributed by atoms with Crippen LogP contribution in [0.5, 0.6) is 0 Å². The van der Waals surface area contributed by atoms with Crippen LogP contribution in [-0.2, 0) is 11.2 Å². The molecule has 1 amide bonds. The number of nitrogens with one attached hydrogen (secondary N) is 1. The summed E-state index contributed by atoms with van der Waals surface area (Å²) in [7, 11) is 0. The van der Waals surface area contributed by atoms with Gasteiger partial charge in [0.05, 0.1) is 0 Å². The number of anilines is 1. The SMILES string of the molecule is O=C(CCN1CCc2ccccc21)N1CC[C@@H](c2ccn[nH]2)C1. The number of carbonyl (C=O) groups excluding carboxylic acids is 1. The number of benzene rings is 1. The van der Waals surface area contributed by atoms with Crippen LogP contribution in [0.3, 0.4) is 0 Å². The van der Waals surface area contributed by atoms with E-state index in [-0.39, 0.29) is 5.91 Å². The molecule has 0 aliphatic carbocycles. The number of fused-ring (bicyclic) bond motifs is 1. The van der Waals surface area contributed by atoms with Gasteiger partial charge in [0, 0.05) is 56.1 Å². The predicted molar refractivity (Wildman–Crippen MR) is 89.5 cm³/mol. The molecule has 4 rings (SSSR count). The average molecular weight is 310 g/mol. The second-order valence-corrected chi connectivity index (χ2v) is 6.45. The highest BCUT2D eigenvalue weighted by Crippen LogP contribution is 2.28. The highest BCUT2D eigenvalue weighted by molar-refractivity contribution is 5.77. The normalized spacial score (nSPS) is 20.1. The molecule has 2 aromatic rings. The quantitative estimate of drug-likeness (QED) is 0.942. The minimum Gasteiger partial charge on any atom is -0.370 e. The summed E-state index contributed by atoms with van der Waals surface area (Å²) in [4.78, 5) is 16.9. The number of rotatable bonds is 4. The van der Waals surface area contributed by atoms with Gasteiger partial charge in [-0.15, -0.1) is 0 Å². The maximum absolute atomic E-state index is 12.5. The molecule has 1 aromatic heterocycles. The van der Waals surface area contributed by atoms with Gasteiger partial charge in [-0.2, -0.15) is 5.10 Å². The van der Waals surface area contributed by atoms with Crippen molar-refractivity contribution in [3.8, 4) is 0 Å². The number of H-pyrrole nitrogens is 1. The summed E-state index contributed by atoms with van der Waals surface area (Å²) < 4.78 is 0. The van der Waals surface area contributed by atoms with Crippen LogP contribution in [0.2, 0.25) is 0 Å². The maximum atomic E-state index is 12.5. The van der Waals surface area contributed by atoms with Gasteiger partial charge in [0.25, 0.3) is 0 Å². The molecule has 5 nitrogen and oxygen atoms in total. The standard InChI is InChI=1S/C18H22N4O/c23-18(22-11-7-15(13-22)16-5-9-19-20-16)8-12-21-10-6-14-3-1-2-4-17(14)21/h1-5,9,15H,6-8,10-13H2,(H,19,20)/t15-/m1/s1. The molecule has 1 fully saturated rings. The van der Waals surface area contributed by atoms with Crippen LogP contribution in [0.15, 0.2) is 36.5 Å².